The number of anilines is 2. The summed E-state index contributed by atoms with van der Waals surface area (Å²) in [4.78, 5) is 24.5. The van der Waals surface area contributed by atoms with E-state index in [0.717, 1.165) is 43.2 Å². The van der Waals surface area contributed by atoms with Crippen LogP contribution in [-0.4, -0.2) is 37.4 Å². The predicted molar refractivity (Wildman–Crippen MR) is 138 cm³/mol. The Morgan fingerprint density at radius 1 is 0.971 bits per heavy atom. The van der Waals surface area contributed by atoms with E-state index in [-0.39, 0.29) is 24.8 Å². The molecule has 2 aromatic carbocycles. The highest BCUT2D eigenvalue weighted by atomic mass is 16.5. The molecule has 0 spiro atoms. The number of hydrogen-bond acceptors (Lipinski definition) is 7. The summed E-state index contributed by atoms with van der Waals surface area (Å²) in [5.74, 6) is -0.795. The summed E-state index contributed by atoms with van der Waals surface area (Å²) in [6, 6.07) is 12.1. The number of rotatable bonds is 11. The molecule has 1 saturated carbocycles. The molecule has 3 rings (SSSR count). The van der Waals surface area contributed by atoms with Crippen LogP contribution in [0.3, 0.4) is 0 Å². The van der Waals surface area contributed by atoms with Gasteiger partial charge in [0, 0.05) is 23.9 Å². The van der Waals surface area contributed by atoms with Gasteiger partial charge in [0.25, 0.3) is 0 Å². The summed E-state index contributed by atoms with van der Waals surface area (Å²) in [5, 5.41) is 0. The maximum atomic E-state index is 12.5. The van der Waals surface area contributed by atoms with E-state index in [1.165, 1.54) is 6.08 Å². The van der Waals surface area contributed by atoms with Crippen LogP contribution in [0.15, 0.2) is 61.2 Å². The minimum atomic E-state index is -0.458. The van der Waals surface area contributed by atoms with Crippen LogP contribution in [0.2, 0.25) is 0 Å². The van der Waals surface area contributed by atoms with Gasteiger partial charge in [0.1, 0.15) is 6.10 Å². The number of ether oxygens (including phenoxy) is 3. The second kappa shape index (κ2) is 13.3. The SMILES string of the molecule is C=CCCOC1CCC(OC(=O)c2ccc(/C=C/C(=O)OCCc3cc(N)ccc3N)cc2)CC1. The summed E-state index contributed by atoms with van der Waals surface area (Å²) in [6.45, 7) is 4.59. The molecule has 1 aliphatic rings. The van der Waals surface area contributed by atoms with E-state index in [2.05, 4.69) is 6.58 Å². The van der Waals surface area contributed by atoms with Gasteiger partial charge in [-0.2, -0.15) is 0 Å². The van der Waals surface area contributed by atoms with E-state index < -0.39 is 5.97 Å². The summed E-state index contributed by atoms with van der Waals surface area (Å²) in [5.41, 5.74) is 15.0. The van der Waals surface area contributed by atoms with Crippen molar-refractivity contribution in [1.82, 2.24) is 0 Å². The number of esters is 2. The maximum Gasteiger partial charge on any atom is 0.338 e. The van der Waals surface area contributed by atoms with Crippen molar-refractivity contribution in [2.75, 3.05) is 24.7 Å². The number of nitrogens with two attached hydrogens (primary N) is 2. The first-order chi connectivity index (χ1) is 16.9. The Balaban J connectivity index is 1.39. The molecule has 0 unspecified atom stereocenters. The first-order valence-corrected chi connectivity index (χ1v) is 12.0. The van der Waals surface area contributed by atoms with E-state index in [1.807, 2.05) is 6.08 Å². The minimum absolute atomic E-state index is 0.0845. The highest BCUT2D eigenvalue weighted by Crippen LogP contribution is 2.24. The average molecular weight is 479 g/mol. The number of carbonyl (C=O) groups excluding carboxylic acids is 2. The van der Waals surface area contributed by atoms with Gasteiger partial charge in [0.15, 0.2) is 0 Å². The average Bonchev–Trinajstić information content (AvgIpc) is 2.86. The van der Waals surface area contributed by atoms with E-state index >= 15 is 0 Å². The standard InChI is InChI=1S/C28H34N2O5/c1-2-3-17-33-24-10-12-25(13-11-24)35-28(32)21-7-4-20(5-8-21)6-15-27(31)34-18-16-22-19-23(29)9-14-26(22)30/h2,4-9,14-15,19,24-25H,1,3,10-13,16-18,29-30H2/b15-6+. The van der Waals surface area contributed by atoms with Gasteiger partial charge in [0.05, 0.1) is 24.9 Å². The number of carbonyl (C=O) groups is 2. The molecule has 1 aliphatic carbocycles. The van der Waals surface area contributed by atoms with Crippen molar-refractivity contribution < 1.29 is 23.8 Å². The second-order valence-corrected chi connectivity index (χ2v) is 8.58. The van der Waals surface area contributed by atoms with Crippen LogP contribution in [0, 0.1) is 0 Å². The highest BCUT2D eigenvalue weighted by molar-refractivity contribution is 5.90. The first kappa shape index (κ1) is 26.0. The number of benzene rings is 2. The Labute approximate surface area is 206 Å². The zero-order valence-corrected chi connectivity index (χ0v) is 20.0. The third-order valence-electron chi connectivity index (χ3n) is 5.91. The zero-order valence-electron chi connectivity index (χ0n) is 20.0. The van der Waals surface area contributed by atoms with Crippen molar-refractivity contribution in [2.45, 2.75) is 50.7 Å². The van der Waals surface area contributed by atoms with Crippen molar-refractivity contribution in [1.29, 1.82) is 0 Å². The minimum Gasteiger partial charge on any atom is -0.462 e. The van der Waals surface area contributed by atoms with Crippen molar-refractivity contribution in [3.05, 3.63) is 77.9 Å². The molecule has 0 saturated heterocycles. The summed E-state index contributed by atoms with van der Waals surface area (Å²) >= 11 is 0. The van der Waals surface area contributed by atoms with Gasteiger partial charge < -0.3 is 25.7 Å². The Morgan fingerprint density at radius 3 is 2.40 bits per heavy atom. The lowest BCUT2D eigenvalue weighted by molar-refractivity contribution is -0.137. The fraction of sp³-hybridized carbons (Fsp3) is 0.357. The molecular formula is C28H34N2O5. The molecular weight excluding hydrogens is 444 g/mol. The molecule has 7 nitrogen and oxygen atoms in total. The molecule has 0 aromatic heterocycles. The lowest BCUT2D eigenvalue weighted by Gasteiger charge is -2.28. The third-order valence-corrected chi connectivity index (χ3v) is 5.91. The topological polar surface area (TPSA) is 114 Å². The van der Waals surface area contributed by atoms with Gasteiger partial charge >= 0.3 is 11.9 Å². The van der Waals surface area contributed by atoms with Gasteiger partial charge in [-0.1, -0.05) is 18.2 Å². The zero-order chi connectivity index (χ0) is 25.0. The van der Waals surface area contributed by atoms with Crippen molar-refractivity contribution in [3.8, 4) is 0 Å². The van der Waals surface area contributed by atoms with Gasteiger partial charge in [-0.25, -0.2) is 9.59 Å². The predicted octanol–water partition coefficient (Wildman–Crippen LogP) is 4.71. The molecule has 0 bridgehead atoms. The van der Waals surface area contributed by atoms with Crippen LogP contribution >= 0.6 is 0 Å². The van der Waals surface area contributed by atoms with Crippen LogP contribution in [0.1, 0.15) is 53.6 Å². The number of nitrogen functional groups attached to an aromatic ring is 2. The Morgan fingerprint density at radius 2 is 1.69 bits per heavy atom. The maximum absolute atomic E-state index is 12.5. The molecule has 35 heavy (non-hydrogen) atoms. The molecule has 0 atom stereocenters. The quantitative estimate of drug-likeness (QED) is 0.158. The molecule has 2 aromatic rings. The van der Waals surface area contributed by atoms with Crippen molar-refractivity contribution in [3.63, 3.8) is 0 Å². The van der Waals surface area contributed by atoms with E-state index in [0.29, 0.717) is 30.0 Å². The molecule has 7 heteroatoms. The lowest BCUT2D eigenvalue weighted by atomic mass is 9.95. The Hall–Kier alpha value is -3.58. The largest absolute Gasteiger partial charge is 0.462 e. The van der Waals surface area contributed by atoms with Crippen LogP contribution in [-0.2, 0) is 25.4 Å². The molecule has 0 amide bonds. The van der Waals surface area contributed by atoms with Crippen molar-refractivity contribution >= 4 is 29.4 Å². The molecule has 4 N–H and O–H groups in total. The first-order valence-electron chi connectivity index (χ1n) is 12.0. The molecule has 0 radical (unpaired) electrons. The summed E-state index contributed by atoms with van der Waals surface area (Å²) in [6.07, 6.45) is 9.71. The lowest BCUT2D eigenvalue weighted by Crippen LogP contribution is -2.28. The normalized spacial score (nSPS) is 17.7. The molecule has 0 heterocycles. The molecule has 0 aliphatic heterocycles. The molecule has 186 valence electrons. The highest BCUT2D eigenvalue weighted by Gasteiger charge is 2.24. The monoisotopic (exact) mass is 478 g/mol. The van der Waals surface area contributed by atoms with Crippen LogP contribution < -0.4 is 11.5 Å². The van der Waals surface area contributed by atoms with E-state index in [9.17, 15) is 9.59 Å². The van der Waals surface area contributed by atoms with Gasteiger partial charge in [0.2, 0.25) is 0 Å². The van der Waals surface area contributed by atoms with Gasteiger partial charge in [-0.05, 0) is 79.6 Å². The second-order valence-electron chi connectivity index (χ2n) is 8.58. The smallest absolute Gasteiger partial charge is 0.338 e. The fourth-order valence-corrected chi connectivity index (χ4v) is 3.90. The van der Waals surface area contributed by atoms with Crippen molar-refractivity contribution in [2.24, 2.45) is 0 Å². The summed E-state index contributed by atoms with van der Waals surface area (Å²) in [7, 11) is 0. The van der Waals surface area contributed by atoms with Crippen LogP contribution in [0.4, 0.5) is 11.4 Å². The Bertz CT molecular complexity index is 1020. The molecule has 1 fully saturated rings. The van der Waals surface area contributed by atoms with Gasteiger partial charge in [-0.15, -0.1) is 6.58 Å². The van der Waals surface area contributed by atoms with E-state index in [1.54, 1.807) is 48.5 Å². The third kappa shape index (κ3) is 8.61. The van der Waals surface area contributed by atoms with Gasteiger partial charge in [-0.3, -0.25) is 0 Å². The number of hydrogen-bond donors (Lipinski definition) is 2. The Kier molecular flexibility index (Phi) is 9.93. The van der Waals surface area contributed by atoms with E-state index in [4.69, 9.17) is 25.7 Å². The fourth-order valence-electron chi connectivity index (χ4n) is 3.90. The van der Waals surface area contributed by atoms with Crippen LogP contribution in [0.5, 0.6) is 0 Å². The van der Waals surface area contributed by atoms with Crippen LogP contribution in [0.25, 0.3) is 6.08 Å². The summed E-state index contributed by atoms with van der Waals surface area (Å²) < 4.78 is 16.7.